The van der Waals surface area contributed by atoms with E-state index in [0.29, 0.717) is 22.8 Å². The van der Waals surface area contributed by atoms with E-state index >= 15 is 0 Å². The summed E-state index contributed by atoms with van der Waals surface area (Å²) in [6.07, 6.45) is -4.37. The Balaban J connectivity index is 1.88. The molecule has 0 bridgehead atoms. The molecule has 3 rings (SSSR count). The molecule has 23 heavy (non-hydrogen) atoms. The van der Waals surface area contributed by atoms with Crippen molar-refractivity contribution in [1.29, 1.82) is 0 Å². The van der Waals surface area contributed by atoms with Crippen molar-refractivity contribution >= 4 is 11.3 Å². The third kappa shape index (κ3) is 3.21. The lowest BCUT2D eigenvalue weighted by atomic mass is 10.1. The van der Waals surface area contributed by atoms with E-state index in [2.05, 4.69) is 10.1 Å². The van der Waals surface area contributed by atoms with Gasteiger partial charge in [-0.05, 0) is 30.5 Å². The maximum Gasteiger partial charge on any atom is 0.416 e. The summed E-state index contributed by atoms with van der Waals surface area (Å²) >= 11 is 1.39. The highest BCUT2D eigenvalue weighted by molar-refractivity contribution is 7.13. The quantitative estimate of drug-likeness (QED) is 0.679. The topological polar surface area (TPSA) is 48.2 Å². The fraction of sp³-hybridized carbons (Fsp3) is 0.200. The molecular weight excluding hydrogens is 329 g/mol. The van der Waals surface area contributed by atoms with E-state index in [4.69, 9.17) is 9.26 Å². The first-order chi connectivity index (χ1) is 11.0. The zero-order chi connectivity index (χ0) is 16.4. The predicted molar refractivity (Wildman–Crippen MR) is 79.2 cm³/mol. The summed E-state index contributed by atoms with van der Waals surface area (Å²) in [6.45, 7) is 2.37. The maximum absolute atomic E-state index is 12.6. The summed E-state index contributed by atoms with van der Waals surface area (Å²) < 4.78 is 48.4. The number of rotatable bonds is 4. The van der Waals surface area contributed by atoms with Gasteiger partial charge in [0.25, 0.3) is 5.89 Å². The highest BCUT2D eigenvalue weighted by Crippen LogP contribution is 2.36. The van der Waals surface area contributed by atoms with Crippen molar-refractivity contribution in [3.05, 3.63) is 41.3 Å². The average molecular weight is 340 g/mol. The van der Waals surface area contributed by atoms with Crippen LogP contribution in [0.5, 0.6) is 5.75 Å². The van der Waals surface area contributed by atoms with E-state index in [1.807, 2.05) is 12.3 Å². The van der Waals surface area contributed by atoms with E-state index in [-0.39, 0.29) is 11.7 Å². The Hall–Kier alpha value is -2.35. The summed E-state index contributed by atoms with van der Waals surface area (Å²) in [6, 6.07) is 6.40. The smallest absolute Gasteiger partial charge is 0.416 e. The number of alkyl halides is 3. The van der Waals surface area contributed by atoms with Crippen molar-refractivity contribution in [3.8, 4) is 27.9 Å². The SMILES string of the molecule is CCOc1ccsc1-c1nc(-c2ccc(C(F)(F)F)cc2)no1. The van der Waals surface area contributed by atoms with Gasteiger partial charge in [-0.1, -0.05) is 17.3 Å². The van der Waals surface area contributed by atoms with Gasteiger partial charge in [-0.3, -0.25) is 0 Å². The normalized spacial score (nSPS) is 11.7. The molecule has 0 aliphatic rings. The molecule has 0 saturated heterocycles. The molecule has 0 atom stereocenters. The number of benzene rings is 1. The summed E-state index contributed by atoms with van der Waals surface area (Å²) in [5.41, 5.74) is -0.274. The second-order valence-corrected chi connectivity index (χ2v) is 5.46. The van der Waals surface area contributed by atoms with Crippen molar-refractivity contribution in [1.82, 2.24) is 10.1 Å². The molecule has 2 aromatic heterocycles. The second kappa shape index (κ2) is 6.04. The van der Waals surface area contributed by atoms with Gasteiger partial charge in [0.15, 0.2) is 0 Å². The summed E-state index contributed by atoms with van der Waals surface area (Å²) in [4.78, 5) is 4.92. The Kier molecular flexibility index (Phi) is 4.08. The molecule has 0 aliphatic heterocycles. The van der Waals surface area contributed by atoms with Crippen molar-refractivity contribution in [3.63, 3.8) is 0 Å². The third-order valence-corrected chi connectivity index (χ3v) is 3.90. The van der Waals surface area contributed by atoms with Gasteiger partial charge >= 0.3 is 6.18 Å². The van der Waals surface area contributed by atoms with E-state index in [1.54, 1.807) is 6.07 Å². The first-order valence-electron chi connectivity index (χ1n) is 6.71. The van der Waals surface area contributed by atoms with Crippen LogP contribution in [0.15, 0.2) is 40.2 Å². The highest BCUT2D eigenvalue weighted by Gasteiger charge is 2.30. The Morgan fingerprint density at radius 1 is 1.17 bits per heavy atom. The van der Waals surface area contributed by atoms with E-state index in [9.17, 15) is 13.2 Å². The molecule has 120 valence electrons. The number of nitrogens with zero attached hydrogens (tertiary/aromatic N) is 2. The van der Waals surface area contributed by atoms with Crippen LogP contribution in [0, 0.1) is 0 Å². The molecule has 0 radical (unpaired) electrons. The highest BCUT2D eigenvalue weighted by atomic mass is 32.1. The monoisotopic (exact) mass is 340 g/mol. The summed E-state index contributed by atoms with van der Waals surface area (Å²) in [5, 5.41) is 5.65. The Bertz CT molecular complexity index is 794. The van der Waals surface area contributed by atoms with Crippen molar-refractivity contribution in [2.75, 3.05) is 6.61 Å². The first kappa shape index (κ1) is 15.5. The van der Waals surface area contributed by atoms with Gasteiger partial charge in [0.05, 0.1) is 12.2 Å². The van der Waals surface area contributed by atoms with Crippen LogP contribution >= 0.6 is 11.3 Å². The van der Waals surface area contributed by atoms with Crippen LogP contribution in [0.25, 0.3) is 22.2 Å². The van der Waals surface area contributed by atoms with Gasteiger partial charge < -0.3 is 9.26 Å². The minimum Gasteiger partial charge on any atom is -0.492 e. The van der Waals surface area contributed by atoms with Gasteiger partial charge in [-0.15, -0.1) is 11.3 Å². The number of thiophene rings is 1. The van der Waals surface area contributed by atoms with Crippen LogP contribution in [0.1, 0.15) is 12.5 Å². The Labute approximate surface area is 133 Å². The largest absolute Gasteiger partial charge is 0.492 e. The molecule has 4 nitrogen and oxygen atoms in total. The van der Waals surface area contributed by atoms with Crippen LogP contribution in [0.2, 0.25) is 0 Å². The molecule has 0 aliphatic carbocycles. The van der Waals surface area contributed by atoms with Gasteiger partial charge in [0.1, 0.15) is 10.6 Å². The lowest BCUT2D eigenvalue weighted by molar-refractivity contribution is -0.137. The molecule has 0 spiro atoms. The number of hydrogen-bond acceptors (Lipinski definition) is 5. The molecule has 2 heterocycles. The zero-order valence-corrected chi connectivity index (χ0v) is 12.7. The molecule has 0 amide bonds. The van der Waals surface area contributed by atoms with Crippen LogP contribution in [-0.4, -0.2) is 16.7 Å². The molecule has 0 unspecified atom stereocenters. The Morgan fingerprint density at radius 2 is 1.91 bits per heavy atom. The number of aromatic nitrogens is 2. The maximum atomic E-state index is 12.6. The van der Waals surface area contributed by atoms with Crippen LogP contribution in [0.3, 0.4) is 0 Å². The second-order valence-electron chi connectivity index (χ2n) is 4.55. The number of halogens is 3. The Morgan fingerprint density at radius 3 is 2.57 bits per heavy atom. The van der Waals surface area contributed by atoms with E-state index < -0.39 is 11.7 Å². The van der Waals surface area contributed by atoms with Crippen LogP contribution in [0.4, 0.5) is 13.2 Å². The molecule has 0 fully saturated rings. The predicted octanol–water partition coefficient (Wildman–Crippen LogP) is 4.88. The minimum atomic E-state index is -4.37. The molecule has 0 N–H and O–H groups in total. The van der Waals surface area contributed by atoms with Crippen molar-refractivity contribution in [2.45, 2.75) is 13.1 Å². The first-order valence-corrected chi connectivity index (χ1v) is 7.59. The fourth-order valence-corrected chi connectivity index (χ4v) is 2.72. The lowest BCUT2D eigenvalue weighted by Gasteiger charge is -2.05. The minimum absolute atomic E-state index is 0.226. The van der Waals surface area contributed by atoms with E-state index in [0.717, 1.165) is 12.1 Å². The number of ether oxygens (including phenoxy) is 1. The molecule has 0 saturated carbocycles. The number of hydrogen-bond donors (Lipinski definition) is 0. The molecular formula is C15H11F3N2O2S. The summed E-state index contributed by atoms with van der Waals surface area (Å²) in [5.74, 6) is 1.14. The van der Waals surface area contributed by atoms with Crippen molar-refractivity contribution in [2.24, 2.45) is 0 Å². The third-order valence-electron chi connectivity index (χ3n) is 3.02. The van der Waals surface area contributed by atoms with Crippen LogP contribution < -0.4 is 4.74 Å². The van der Waals surface area contributed by atoms with Crippen molar-refractivity contribution < 1.29 is 22.4 Å². The molecule has 3 aromatic rings. The van der Waals surface area contributed by atoms with Gasteiger partial charge in [-0.25, -0.2) is 0 Å². The van der Waals surface area contributed by atoms with Crippen LogP contribution in [-0.2, 0) is 6.18 Å². The lowest BCUT2D eigenvalue weighted by Crippen LogP contribution is -2.04. The molecule has 1 aromatic carbocycles. The standard InChI is InChI=1S/C15H11F3N2O2S/c1-2-21-11-7-8-23-12(11)14-19-13(20-22-14)9-3-5-10(6-4-9)15(16,17)18/h3-8H,2H2,1H3. The van der Waals surface area contributed by atoms with E-state index in [1.165, 1.54) is 23.5 Å². The van der Waals surface area contributed by atoms with Gasteiger partial charge in [-0.2, -0.15) is 18.2 Å². The summed E-state index contributed by atoms with van der Waals surface area (Å²) in [7, 11) is 0. The molecule has 8 heteroatoms. The van der Waals surface area contributed by atoms with Gasteiger partial charge in [0, 0.05) is 5.56 Å². The average Bonchev–Trinajstić information content (AvgIpc) is 3.15. The zero-order valence-electron chi connectivity index (χ0n) is 11.9. The van der Waals surface area contributed by atoms with Gasteiger partial charge in [0.2, 0.25) is 5.82 Å². The fourth-order valence-electron chi connectivity index (χ4n) is 1.96.